The molecule has 3 rings (SSSR count). The zero-order valence-corrected chi connectivity index (χ0v) is 10.1. The molecule has 4 heteroatoms. The van der Waals surface area contributed by atoms with Gasteiger partial charge in [0.25, 0.3) is 0 Å². The van der Waals surface area contributed by atoms with E-state index in [1.165, 1.54) is 0 Å². The van der Waals surface area contributed by atoms with E-state index in [-0.39, 0.29) is 5.91 Å². The van der Waals surface area contributed by atoms with Crippen LogP contribution in [0.4, 0.5) is 0 Å². The van der Waals surface area contributed by atoms with Gasteiger partial charge in [0.2, 0.25) is 5.91 Å². The van der Waals surface area contributed by atoms with Gasteiger partial charge in [-0.15, -0.1) is 0 Å². The first-order valence-electron chi connectivity index (χ1n) is 6.21. The fourth-order valence-electron chi connectivity index (χ4n) is 2.07. The lowest BCUT2D eigenvalue weighted by atomic mass is 10.1. The Hall–Kier alpha value is -1.81. The van der Waals surface area contributed by atoms with Crippen molar-refractivity contribution in [2.75, 3.05) is 6.54 Å². The molecule has 1 saturated carbocycles. The lowest BCUT2D eigenvalue weighted by Gasteiger charge is -2.09. The summed E-state index contributed by atoms with van der Waals surface area (Å²) in [6.45, 7) is 0.599. The Morgan fingerprint density at radius 1 is 1.39 bits per heavy atom. The molecule has 1 aliphatic carbocycles. The zero-order valence-electron chi connectivity index (χ0n) is 10.1. The van der Waals surface area contributed by atoms with Crippen molar-refractivity contribution >= 4 is 16.9 Å². The van der Waals surface area contributed by atoms with Crippen LogP contribution in [0.3, 0.4) is 0 Å². The fourth-order valence-corrected chi connectivity index (χ4v) is 2.07. The lowest BCUT2D eigenvalue weighted by Crippen LogP contribution is -2.43. The third kappa shape index (κ3) is 1.99. The molecule has 0 unspecified atom stereocenters. The predicted octanol–water partition coefficient (Wildman–Crippen LogP) is 1.58. The van der Waals surface area contributed by atoms with Gasteiger partial charge in [0.1, 0.15) is 5.58 Å². The smallest absolute Gasteiger partial charge is 0.240 e. The number of carbonyl (C=O) groups excluding carboxylic acids is 1. The molecule has 94 valence electrons. The third-order valence-corrected chi connectivity index (χ3v) is 3.48. The van der Waals surface area contributed by atoms with Gasteiger partial charge in [-0.2, -0.15) is 0 Å². The van der Waals surface area contributed by atoms with Crippen molar-refractivity contribution in [3.8, 4) is 0 Å². The normalized spacial score (nSPS) is 16.7. The van der Waals surface area contributed by atoms with Crippen LogP contribution in [0.25, 0.3) is 11.0 Å². The molecule has 2 aromatic rings. The van der Waals surface area contributed by atoms with Crippen LogP contribution in [0.2, 0.25) is 0 Å². The number of fused-ring (bicyclic) bond motifs is 1. The number of benzene rings is 1. The second kappa shape index (κ2) is 4.14. The molecule has 3 N–H and O–H groups in total. The van der Waals surface area contributed by atoms with E-state index in [1.807, 2.05) is 24.3 Å². The minimum Gasteiger partial charge on any atom is -0.464 e. The number of rotatable bonds is 4. The molecule has 0 bridgehead atoms. The van der Waals surface area contributed by atoms with Crippen LogP contribution in [-0.4, -0.2) is 18.0 Å². The molecule has 1 heterocycles. The monoisotopic (exact) mass is 244 g/mol. The van der Waals surface area contributed by atoms with E-state index >= 15 is 0 Å². The standard InChI is InChI=1S/C14H16N2O2/c15-14(6-7-14)13(17)16-8-5-10-9-18-12-4-2-1-3-11(10)12/h1-4,9H,5-8,15H2,(H,16,17). The Morgan fingerprint density at radius 3 is 2.94 bits per heavy atom. The lowest BCUT2D eigenvalue weighted by molar-refractivity contribution is -0.123. The van der Waals surface area contributed by atoms with Gasteiger partial charge in [0.05, 0.1) is 11.8 Å². The number of para-hydroxylation sites is 1. The minimum atomic E-state index is -0.585. The number of hydrogen-bond donors (Lipinski definition) is 2. The summed E-state index contributed by atoms with van der Waals surface area (Å²) >= 11 is 0. The Kier molecular flexibility index (Phi) is 2.59. The summed E-state index contributed by atoms with van der Waals surface area (Å²) in [5.41, 5.74) is 7.23. The fraction of sp³-hybridized carbons (Fsp3) is 0.357. The maximum Gasteiger partial charge on any atom is 0.240 e. The molecule has 1 amide bonds. The molecule has 1 aromatic heterocycles. The van der Waals surface area contributed by atoms with Crippen molar-refractivity contribution in [1.82, 2.24) is 5.32 Å². The van der Waals surface area contributed by atoms with E-state index in [2.05, 4.69) is 5.32 Å². The van der Waals surface area contributed by atoms with Crippen molar-refractivity contribution < 1.29 is 9.21 Å². The van der Waals surface area contributed by atoms with E-state index < -0.39 is 5.54 Å². The van der Waals surface area contributed by atoms with Gasteiger partial charge in [-0.3, -0.25) is 4.79 Å². The number of carbonyl (C=O) groups is 1. The zero-order chi connectivity index (χ0) is 12.6. The summed E-state index contributed by atoms with van der Waals surface area (Å²) in [4.78, 5) is 11.7. The van der Waals surface area contributed by atoms with Crippen LogP contribution >= 0.6 is 0 Å². The number of nitrogens with two attached hydrogens (primary N) is 1. The van der Waals surface area contributed by atoms with Gasteiger partial charge < -0.3 is 15.5 Å². The van der Waals surface area contributed by atoms with Crippen LogP contribution in [0.1, 0.15) is 18.4 Å². The maximum absolute atomic E-state index is 11.7. The maximum atomic E-state index is 11.7. The molecule has 4 nitrogen and oxygen atoms in total. The highest BCUT2D eigenvalue weighted by Gasteiger charge is 2.45. The number of furan rings is 1. The van der Waals surface area contributed by atoms with E-state index in [0.29, 0.717) is 6.54 Å². The van der Waals surface area contributed by atoms with Crippen LogP contribution in [0.5, 0.6) is 0 Å². The SMILES string of the molecule is NC1(C(=O)NCCc2coc3ccccc23)CC1. The highest BCUT2D eigenvalue weighted by atomic mass is 16.3. The molecular formula is C14H16N2O2. The summed E-state index contributed by atoms with van der Waals surface area (Å²) in [7, 11) is 0. The summed E-state index contributed by atoms with van der Waals surface area (Å²) in [5.74, 6) is -0.0321. The molecule has 0 radical (unpaired) electrons. The van der Waals surface area contributed by atoms with Gasteiger partial charge in [-0.25, -0.2) is 0 Å². The molecule has 1 aromatic carbocycles. The Bertz CT molecular complexity index is 584. The first-order valence-corrected chi connectivity index (χ1v) is 6.21. The molecular weight excluding hydrogens is 228 g/mol. The van der Waals surface area contributed by atoms with Gasteiger partial charge in [0, 0.05) is 11.9 Å². The predicted molar refractivity (Wildman–Crippen MR) is 69.1 cm³/mol. The summed E-state index contributed by atoms with van der Waals surface area (Å²) in [6, 6.07) is 7.90. The molecule has 1 fully saturated rings. The summed E-state index contributed by atoms with van der Waals surface area (Å²) in [6.07, 6.45) is 4.12. The van der Waals surface area contributed by atoms with Gasteiger partial charge in [-0.05, 0) is 30.9 Å². The van der Waals surface area contributed by atoms with E-state index in [9.17, 15) is 4.79 Å². The van der Waals surface area contributed by atoms with Gasteiger partial charge in [0.15, 0.2) is 0 Å². The van der Waals surface area contributed by atoms with E-state index in [4.69, 9.17) is 10.2 Å². The van der Waals surface area contributed by atoms with Crippen LogP contribution in [-0.2, 0) is 11.2 Å². The number of hydrogen-bond acceptors (Lipinski definition) is 3. The quantitative estimate of drug-likeness (QED) is 0.858. The Labute approximate surface area is 105 Å². The highest BCUT2D eigenvalue weighted by Crippen LogP contribution is 2.32. The summed E-state index contributed by atoms with van der Waals surface area (Å²) in [5, 5.41) is 3.99. The Morgan fingerprint density at radius 2 is 2.17 bits per heavy atom. The average molecular weight is 244 g/mol. The van der Waals surface area contributed by atoms with Crippen molar-refractivity contribution in [2.24, 2.45) is 5.73 Å². The second-order valence-electron chi connectivity index (χ2n) is 4.92. The number of amides is 1. The first-order chi connectivity index (χ1) is 8.69. The first kappa shape index (κ1) is 11.3. The highest BCUT2D eigenvalue weighted by molar-refractivity contribution is 5.89. The van der Waals surface area contributed by atoms with Crippen molar-refractivity contribution in [2.45, 2.75) is 24.8 Å². The van der Waals surface area contributed by atoms with Crippen molar-refractivity contribution in [1.29, 1.82) is 0 Å². The van der Waals surface area contributed by atoms with Crippen LogP contribution in [0.15, 0.2) is 34.9 Å². The van der Waals surface area contributed by atoms with Gasteiger partial charge >= 0.3 is 0 Å². The molecule has 0 aliphatic heterocycles. The van der Waals surface area contributed by atoms with Crippen molar-refractivity contribution in [3.05, 3.63) is 36.1 Å². The largest absolute Gasteiger partial charge is 0.464 e. The molecule has 0 spiro atoms. The average Bonchev–Trinajstić information content (AvgIpc) is 3.01. The minimum absolute atomic E-state index is 0.0321. The van der Waals surface area contributed by atoms with Gasteiger partial charge in [-0.1, -0.05) is 18.2 Å². The summed E-state index contributed by atoms with van der Waals surface area (Å²) < 4.78 is 5.45. The van der Waals surface area contributed by atoms with Crippen molar-refractivity contribution in [3.63, 3.8) is 0 Å². The third-order valence-electron chi connectivity index (χ3n) is 3.48. The van der Waals surface area contributed by atoms with E-state index in [0.717, 1.165) is 35.8 Å². The molecule has 0 saturated heterocycles. The molecule has 0 atom stereocenters. The topological polar surface area (TPSA) is 68.3 Å². The van der Waals surface area contributed by atoms with Crippen LogP contribution < -0.4 is 11.1 Å². The van der Waals surface area contributed by atoms with E-state index in [1.54, 1.807) is 6.26 Å². The second-order valence-corrected chi connectivity index (χ2v) is 4.92. The molecule has 18 heavy (non-hydrogen) atoms. The molecule has 1 aliphatic rings. The Balaban J connectivity index is 1.61. The van der Waals surface area contributed by atoms with Crippen LogP contribution in [0, 0.1) is 0 Å². The number of nitrogens with one attached hydrogen (secondary N) is 1.